The number of nitrogens with zero attached hydrogens (tertiary/aromatic N) is 1. The average Bonchev–Trinajstić information content (AvgIpc) is 2.33. The van der Waals surface area contributed by atoms with Crippen LogP contribution in [0.25, 0.3) is 0 Å². The minimum Gasteiger partial charge on any atom is -0.383 e. The van der Waals surface area contributed by atoms with Crippen molar-refractivity contribution < 1.29 is 4.74 Å². The zero-order valence-corrected chi connectivity index (χ0v) is 15.3. The number of nitrogens with two attached hydrogens (primary N) is 1. The number of rotatable bonds is 10. The summed E-state index contributed by atoms with van der Waals surface area (Å²) < 4.78 is 5.05. The molecule has 2 atom stereocenters. The first-order chi connectivity index (χ1) is 8.63. The Morgan fingerprint density at radius 3 is 2.47 bits per heavy atom. The lowest BCUT2D eigenvalue weighted by atomic mass is 9.97. The molecule has 0 heterocycles. The Morgan fingerprint density at radius 1 is 1.26 bits per heavy atom. The van der Waals surface area contributed by atoms with E-state index in [0.717, 1.165) is 6.54 Å². The summed E-state index contributed by atoms with van der Waals surface area (Å²) in [4.78, 5) is 4.45. The van der Waals surface area contributed by atoms with E-state index in [0.29, 0.717) is 18.5 Å². The molecule has 0 aromatic rings. The van der Waals surface area contributed by atoms with Gasteiger partial charge in [0.05, 0.1) is 6.61 Å². The maximum atomic E-state index is 5.86. The maximum Gasteiger partial charge on any atom is 0.188 e. The van der Waals surface area contributed by atoms with Crippen LogP contribution in [0.4, 0.5) is 0 Å². The Labute approximate surface area is 136 Å². The molecule has 0 radical (unpaired) electrons. The Kier molecular flexibility index (Phi) is 16.1. The highest BCUT2D eigenvalue weighted by Gasteiger charge is 2.07. The molecule has 0 amide bonds. The molecule has 0 fully saturated rings. The Bertz CT molecular complexity index is 225. The third-order valence-electron chi connectivity index (χ3n) is 2.99. The Hall–Kier alpha value is -0.0400. The van der Waals surface area contributed by atoms with Gasteiger partial charge in [-0.3, -0.25) is 4.99 Å². The van der Waals surface area contributed by atoms with Crippen molar-refractivity contribution in [2.24, 2.45) is 16.6 Å². The van der Waals surface area contributed by atoms with Crippen molar-refractivity contribution >= 4 is 29.9 Å². The average molecular weight is 385 g/mol. The lowest BCUT2D eigenvalue weighted by Crippen LogP contribution is -2.41. The van der Waals surface area contributed by atoms with Crippen molar-refractivity contribution in [3.8, 4) is 0 Å². The second-order valence-electron chi connectivity index (χ2n) is 5.02. The second-order valence-corrected chi connectivity index (χ2v) is 5.02. The lowest BCUT2D eigenvalue weighted by molar-refractivity contribution is 0.179. The summed E-state index contributed by atoms with van der Waals surface area (Å²) in [5, 5.41) is 3.14. The molecular formula is C14H32IN3O. The van der Waals surface area contributed by atoms with Crippen LogP contribution in [-0.4, -0.2) is 32.3 Å². The summed E-state index contributed by atoms with van der Waals surface area (Å²) in [6.07, 6.45) is 6.26. The first-order valence-electron chi connectivity index (χ1n) is 7.19. The number of aliphatic imine (C=N–C) groups is 1. The normalized spacial score (nSPS) is 14.6. The molecule has 5 heteroatoms. The largest absolute Gasteiger partial charge is 0.383 e. The van der Waals surface area contributed by atoms with E-state index in [1.807, 2.05) is 6.92 Å². The van der Waals surface area contributed by atoms with Crippen LogP contribution in [0, 0.1) is 5.92 Å². The van der Waals surface area contributed by atoms with Crippen LogP contribution in [-0.2, 0) is 4.74 Å². The third-order valence-corrected chi connectivity index (χ3v) is 2.99. The van der Waals surface area contributed by atoms with Gasteiger partial charge in [0.2, 0.25) is 0 Å². The minimum atomic E-state index is 0. The predicted molar refractivity (Wildman–Crippen MR) is 94.3 cm³/mol. The summed E-state index contributed by atoms with van der Waals surface area (Å²) in [5.41, 5.74) is 5.86. The lowest BCUT2D eigenvalue weighted by Gasteiger charge is -2.16. The number of hydrogen-bond donors (Lipinski definition) is 2. The van der Waals surface area contributed by atoms with Gasteiger partial charge in [0.1, 0.15) is 0 Å². The van der Waals surface area contributed by atoms with Gasteiger partial charge in [0, 0.05) is 19.7 Å². The van der Waals surface area contributed by atoms with E-state index in [2.05, 4.69) is 24.2 Å². The van der Waals surface area contributed by atoms with E-state index >= 15 is 0 Å². The molecule has 0 aliphatic carbocycles. The molecule has 0 bridgehead atoms. The summed E-state index contributed by atoms with van der Waals surface area (Å²) >= 11 is 0. The van der Waals surface area contributed by atoms with E-state index in [1.54, 1.807) is 7.11 Å². The Morgan fingerprint density at radius 2 is 1.95 bits per heavy atom. The fourth-order valence-electron chi connectivity index (χ4n) is 2.05. The van der Waals surface area contributed by atoms with E-state index in [-0.39, 0.29) is 30.0 Å². The number of hydrogen-bond acceptors (Lipinski definition) is 2. The molecule has 4 nitrogen and oxygen atoms in total. The van der Waals surface area contributed by atoms with Crippen LogP contribution >= 0.6 is 24.0 Å². The third kappa shape index (κ3) is 12.7. The summed E-state index contributed by atoms with van der Waals surface area (Å²) in [6.45, 7) is 7.98. The maximum absolute atomic E-state index is 5.86. The zero-order chi connectivity index (χ0) is 13.8. The van der Waals surface area contributed by atoms with Crippen LogP contribution < -0.4 is 11.1 Å². The van der Waals surface area contributed by atoms with Crippen LogP contribution in [0.3, 0.4) is 0 Å². The van der Waals surface area contributed by atoms with Crippen LogP contribution in [0.1, 0.15) is 52.9 Å². The first kappa shape index (κ1) is 21.3. The molecule has 3 N–H and O–H groups in total. The molecule has 2 unspecified atom stereocenters. The standard InChI is InChI=1S/C14H31N3O.HI/c1-5-7-9-13(8-6-2)10-16-14(15)17-12(3)11-18-4;/h12-13H,5-11H2,1-4H3,(H3,15,16,17);1H. The zero-order valence-electron chi connectivity index (χ0n) is 12.9. The predicted octanol–water partition coefficient (Wildman–Crippen LogP) is 3.15. The number of nitrogens with one attached hydrogen (secondary N) is 1. The van der Waals surface area contributed by atoms with Crippen molar-refractivity contribution in [2.75, 3.05) is 20.3 Å². The SMILES string of the molecule is CCCCC(CCC)CN=C(N)NC(C)COC.I. The molecule has 0 aromatic carbocycles. The van der Waals surface area contributed by atoms with E-state index < -0.39 is 0 Å². The number of halogens is 1. The highest BCUT2D eigenvalue weighted by atomic mass is 127. The molecule has 116 valence electrons. The second kappa shape index (κ2) is 14.4. The van der Waals surface area contributed by atoms with Crippen LogP contribution in [0.5, 0.6) is 0 Å². The van der Waals surface area contributed by atoms with Gasteiger partial charge in [0.25, 0.3) is 0 Å². The molecule has 0 aromatic heterocycles. The van der Waals surface area contributed by atoms with Gasteiger partial charge in [0.15, 0.2) is 5.96 Å². The van der Waals surface area contributed by atoms with Crippen molar-refractivity contribution in [2.45, 2.75) is 58.9 Å². The molecule has 19 heavy (non-hydrogen) atoms. The number of ether oxygens (including phenoxy) is 1. The quantitative estimate of drug-likeness (QED) is 0.345. The van der Waals surface area contributed by atoms with Crippen molar-refractivity contribution in [1.82, 2.24) is 5.32 Å². The molecule has 0 aliphatic rings. The highest BCUT2D eigenvalue weighted by Crippen LogP contribution is 2.15. The van der Waals surface area contributed by atoms with Crippen LogP contribution in [0.2, 0.25) is 0 Å². The molecule has 0 aliphatic heterocycles. The number of methoxy groups -OCH3 is 1. The monoisotopic (exact) mass is 385 g/mol. The van der Waals surface area contributed by atoms with Gasteiger partial charge in [-0.2, -0.15) is 0 Å². The number of guanidine groups is 1. The fraction of sp³-hybridized carbons (Fsp3) is 0.929. The topological polar surface area (TPSA) is 59.6 Å². The van der Waals surface area contributed by atoms with E-state index in [4.69, 9.17) is 10.5 Å². The minimum absolute atomic E-state index is 0. The van der Waals surface area contributed by atoms with Gasteiger partial charge in [-0.05, 0) is 25.7 Å². The van der Waals surface area contributed by atoms with Crippen LogP contribution in [0.15, 0.2) is 4.99 Å². The summed E-state index contributed by atoms with van der Waals surface area (Å²) in [7, 11) is 1.69. The van der Waals surface area contributed by atoms with Crippen molar-refractivity contribution in [1.29, 1.82) is 0 Å². The smallest absolute Gasteiger partial charge is 0.188 e. The fourth-order valence-corrected chi connectivity index (χ4v) is 2.05. The Balaban J connectivity index is 0. The van der Waals surface area contributed by atoms with E-state index in [1.165, 1.54) is 32.1 Å². The van der Waals surface area contributed by atoms with Crippen molar-refractivity contribution in [3.63, 3.8) is 0 Å². The van der Waals surface area contributed by atoms with Gasteiger partial charge in [-0.1, -0.05) is 33.1 Å². The highest BCUT2D eigenvalue weighted by molar-refractivity contribution is 14.0. The van der Waals surface area contributed by atoms with Gasteiger partial charge in [-0.15, -0.1) is 24.0 Å². The molecular weight excluding hydrogens is 353 g/mol. The van der Waals surface area contributed by atoms with Gasteiger partial charge in [-0.25, -0.2) is 0 Å². The number of unbranched alkanes of at least 4 members (excludes halogenated alkanes) is 1. The first-order valence-corrected chi connectivity index (χ1v) is 7.19. The summed E-state index contributed by atoms with van der Waals surface area (Å²) in [6, 6.07) is 0.207. The molecule has 0 rings (SSSR count). The van der Waals surface area contributed by atoms with Gasteiger partial charge < -0.3 is 15.8 Å². The molecule has 0 saturated carbocycles. The van der Waals surface area contributed by atoms with E-state index in [9.17, 15) is 0 Å². The van der Waals surface area contributed by atoms with Crippen molar-refractivity contribution in [3.05, 3.63) is 0 Å². The summed E-state index contributed by atoms with van der Waals surface area (Å²) in [5.74, 6) is 1.21. The molecule has 0 saturated heterocycles. The van der Waals surface area contributed by atoms with Gasteiger partial charge >= 0.3 is 0 Å². The molecule has 0 spiro atoms.